The summed E-state index contributed by atoms with van der Waals surface area (Å²) in [5, 5.41) is 5.05. The number of benzene rings is 2. The van der Waals surface area contributed by atoms with Crippen molar-refractivity contribution in [1.29, 1.82) is 0 Å². The molecule has 0 atom stereocenters. The van der Waals surface area contributed by atoms with Gasteiger partial charge in [0.05, 0.1) is 17.6 Å². The molecule has 2 aromatic heterocycles. The number of nitrogens with one attached hydrogen (secondary N) is 1. The first kappa shape index (κ1) is 13.4. The average molecular weight is 311 g/mol. The van der Waals surface area contributed by atoms with Gasteiger partial charge in [-0.2, -0.15) is 0 Å². The minimum Gasteiger partial charge on any atom is -0.497 e. The fraction of sp³-hybridized carbons (Fsp3) is 0.167. The quantitative estimate of drug-likeness (QED) is 0.559. The third-order valence-corrected chi connectivity index (χ3v) is 4.51. The molecular formula is C18H15ClN2O. The van der Waals surface area contributed by atoms with Gasteiger partial charge >= 0.3 is 0 Å². The van der Waals surface area contributed by atoms with Crippen molar-refractivity contribution < 1.29 is 4.74 Å². The summed E-state index contributed by atoms with van der Waals surface area (Å²) in [6, 6.07) is 8.03. The Morgan fingerprint density at radius 1 is 1.18 bits per heavy atom. The second kappa shape index (κ2) is 4.89. The number of hydrogen-bond acceptors (Lipinski definition) is 2. The van der Waals surface area contributed by atoms with E-state index in [1.807, 2.05) is 24.5 Å². The van der Waals surface area contributed by atoms with Crippen LogP contribution >= 0.6 is 11.6 Å². The van der Waals surface area contributed by atoms with E-state index < -0.39 is 0 Å². The topological polar surface area (TPSA) is 37.9 Å². The summed E-state index contributed by atoms with van der Waals surface area (Å²) in [4.78, 5) is 7.90. The Bertz CT molecular complexity index is 1020. The molecule has 2 heterocycles. The SMILES string of the molecule is CCc1cncc2c1[nH]c1ccc3cc(OC)cc(Cl)c3c12. The number of aromatic amines is 1. The zero-order chi connectivity index (χ0) is 15.3. The van der Waals surface area contributed by atoms with E-state index in [-0.39, 0.29) is 0 Å². The molecule has 0 aliphatic rings. The van der Waals surface area contributed by atoms with Crippen molar-refractivity contribution in [2.75, 3.05) is 7.11 Å². The normalized spacial score (nSPS) is 11.6. The van der Waals surface area contributed by atoms with Gasteiger partial charge in [0, 0.05) is 34.1 Å². The van der Waals surface area contributed by atoms with Crippen molar-refractivity contribution in [3.05, 3.63) is 47.2 Å². The molecule has 22 heavy (non-hydrogen) atoms. The first-order valence-corrected chi connectivity index (χ1v) is 7.65. The Labute approximate surface area is 132 Å². The van der Waals surface area contributed by atoms with Gasteiger partial charge in [-0.1, -0.05) is 24.6 Å². The summed E-state index contributed by atoms with van der Waals surface area (Å²) >= 11 is 6.54. The number of ether oxygens (including phenoxy) is 1. The largest absolute Gasteiger partial charge is 0.497 e. The molecule has 3 nitrogen and oxygen atoms in total. The van der Waals surface area contributed by atoms with E-state index in [0.29, 0.717) is 5.02 Å². The molecule has 0 aliphatic carbocycles. The van der Waals surface area contributed by atoms with Crippen molar-refractivity contribution in [3.8, 4) is 5.75 Å². The molecule has 0 unspecified atom stereocenters. The third-order valence-electron chi connectivity index (χ3n) is 4.21. The lowest BCUT2D eigenvalue weighted by atomic mass is 10.0. The number of hydrogen-bond donors (Lipinski definition) is 1. The molecule has 0 fully saturated rings. The lowest BCUT2D eigenvalue weighted by Gasteiger charge is -2.07. The molecule has 1 N–H and O–H groups in total. The van der Waals surface area contributed by atoms with Crippen LogP contribution in [0.2, 0.25) is 5.02 Å². The van der Waals surface area contributed by atoms with E-state index in [0.717, 1.165) is 44.7 Å². The summed E-state index contributed by atoms with van der Waals surface area (Å²) in [6.07, 6.45) is 4.77. The number of pyridine rings is 1. The number of halogens is 1. The van der Waals surface area contributed by atoms with Gasteiger partial charge in [-0.05, 0) is 35.6 Å². The molecule has 2 aromatic carbocycles. The van der Waals surface area contributed by atoms with Crippen LogP contribution in [0.25, 0.3) is 32.6 Å². The number of H-pyrrole nitrogens is 1. The maximum absolute atomic E-state index is 6.54. The second-order valence-electron chi connectivity index (χ2n) is 5.40. The van der Waals surface area contributed by atoms with Gasteiger partial charge in [0.2, 0.25) is 0 Å². The van der Waals surface area contributed by atoms with Crippen LogP contribution in [0.1, 0.15) is 12.5 Å². The number of aryl methyl sites for hydroxylation is 1. The van der Waals surface area contributed by atoms with Gasteiger partial charge in [0.15, 0.2) is 0 Å². The summed E-state index contributed by atoms with van der Waals surface area (Å²) in [6.45, 7) is 2.14. The average Bonchev–Trinajstić information content (AvgIpc) is 2.93. The molecule has 0 saturated carbocycles. The van der Waals surface area contributed by atoms with Crippen molar-refractivity contribution in [2.24, 2.45) is 0 Å². The second-order valence-corrected chi connectivity index (χ2v) is 5.80. The standard InChI is InChI=1S/C18H15ClN2O/c1-3-10-8-20-9-13-17-15(21-18(10)13)5-4-11-6-12(22-2)7-14(19)16(11)17/h4-9,21H,3H2,1-2H3. The van der Waals surface area contributed by atoms with E-state index in [2.05, 4.69) is 29.0 Å². The highest BCUT2D eigenvalue weighted by Crippen LogP contribution is 2.38. The van der Waals surface area contributed by atoms with Crippen LogP contribution in [0.4, 0.5) is 0 Å². The van der Waals surface area contributed by atoms with Crippen molar-refractivity contribution in [1.82, 2.24) is 9.97 Å². The predicted molar refractivity (Wildman–Crippen MR) is 92.0 cm³/mol. The molecule has 4 aromatic rings. The number of aromatic nitrogens is 2. The van der Waals surface area contributed by atoms with Crippen LogP contribution in [0, 0.1) is 0 Å². The van der Waals surface area contributed by atoms with Gasteiger partial charge < -0.3 is 9.72 Å². The Kier molecular flexibility index (Phi) is 2.98. The minimum atomic E-state index is 0.697. The van der Waals surface area contributed by atoms with Gasteiger partial charge in [0.25, 0.3) is 0 Å². The van der Waals surface area contributed by atoms with E-state index in [4.69, 9.17) is 16.3 Å². The van der Waals surface area contributed by atoms with E-state index >= 15 is 0 Å². The van der Waals surface area contributed by atoms with Gasteiger partial charge in [0.1, 0.15) is 5.75 Å². The summed E-state index contributed by atoms with van der Waals surface area (Å²) in [5.41, 5.74) is 3.44. The van der Waals surface area contributed by atoms with E-state index in [1.54, 1.807) is 7.11 Å². The van der Waals surface area contributed by atoms with E-state index in [9.17, 15) is 0 Å². The van der Waals surface area contributed by atoms with Crippen LogP contribution < -0.4 is 4.74 Å². The van der Waals surface area contributed by atoms with Crippen molar-refractivity contribution in [3.63, 3.8) is 0 Å². The highest BCUT2D eigenvalue weighted by Gasteiger charge is 2.13. The molecule has 0 aliphatic heterocycles. The molecule has 110 valence electrons. The Balaban J connectivity index is 2.24. The summed E-state index contributed by atoms with van der Waals surface area (Å²) < 4.78 is 5.32. The predicted octanol–water partition coefficient (Wildman–Crippen LogP) is 5.09. The van der Waals surface area contributed by atoms with Crippen LogP contribution in [0.15, 0.2) is 36.7 Å². The minimum absolute atomic E-state index is 0.697. The lowest BCUT2D eigenvalue weighted by Crippen LogP contribution is -1.85. The van der Waals surface area contributed by atoms with Crippen molar-refractivity contribution in [2.45, 2.75) is 13.3 Å². The zero-order valence-corrected chi connectivity index (χ0v) is 13.2. The summed E-state index contributed by atoms with van der Waals surface area (Å²) in [5.74, 6) is 0.768. The molecule has 0 spiro atoms. The molecule has 0 saturated heterocycles. The maximum Gasteiger partial charge on any atom is 0.120 e. The molecule has 4 heteroatoms. The molecular weight excluding hydrogens is 296 g/mol. The highest BCUT2D eigenvalue weighted by molar-refractivity contribution is 6.39. The van der Waals surface area contributed by atoms with Gasteiger partial charge in [-0.3, -0.25) is 4.98 Å². The Morgan fingerprint density at radius 2 is 2.05 bits per heavy atom. The maximum atomic E-state index is 6.54. The van der Waals surface area contributed by atoms with Gasteiger partial charge in [-0.15, -0.1) is 0 Å². The van der Waals surface area contributed by atoms with Gasteiger partial charge in [-0.25, -0.2) is 0 Å². The third kappa shape index (κ3) is 1.79. The first-order chi connectivity index (χ1) is 10.7. The van der Waals surface area contributed by atoms with E-state index in [1.165, 1.54) is 5.56 Å². The fourth-order valence-electron chi connectivity index (χ4n) is 3.13. The number of fused-ring (bicyclic) bond motifs is 5. The van der Waals surface area contributed by atoms with Crippen LogP contribution in [-0.2, 0) is 6.42 Å². The summed E-state index contributed by atoms with van der Waals surface area (Å²) in [7, 11) is 1.65. The van der Waals surface area contributed by atoms with Crippen LogP contribution in [0.5, 0.6) is 5.75 Å². The lowest BCUT2D eigenvalue weighted by molar-refractivity contribution is 0.415. The number of methoxy groups -OCH3 is 1. The van der Waals surface area contributed by atoms with Crippen LogP contribution in [0.3, 0.4) is 0 Å². The highest BCUT2D eigenvalue weighted by atomic mass is 35.5. The molecule has 0 amide bonds. The van der Waals surface area contributed by atoms with Crippen LogP contribution in [-0.4, -0.2) is 17.1 Å². The smallest absolute Gasteiger partial charge is 0.120 e. The Hall–Kier alpha value is -2.26. The molecule has 0 radical (unpaired) electrons. The number of rotatable bonds is 2. The molecule has 0 bridgehead atoms. The molecule has 4 rings (SSSR count). The zero-order valence-electron chi connectivity index (χ0n) is 12.4. The monoisotopic (exact) mass is 310 g/mol. The fourth-order valence-corrected chi connectivity index (χ4v) is 3.45. The number of nitrogens with zero attached hydrogens (tertiary/aromatic N) is 1. The Morgan fingerprint density at radius 3 is 2.82 bits per heavy atom. The first-order valence-electron chi connectivity index (χ1n) is 7.27. The van der Waals surface area contributed by atoms with Crippen molar-refractivity contribution >= 4 is 44.2 Å².